The number of unbranched alkanes of at least 4 members (excludes halogenated alkanes) is 1. The van der Waals surface area contributed by atoms with Gasteiger partial charge in [0.15, 0.2) is 0 Å². The molecule has 2 heterocycles. The van der Waals surface area contributed by atoms with Gasteiger partial charge in [-0.15, -0.1) is 0 Å². The van der Waals surface area contributed by atoms with Crippen LogP contribution in [0.3, 0.4) is 0 Å². The number of hydrogen-bond acceptors (Lipinski definition) is 5. The van der Waals surface area contributed by atoms with Crippen LogP contribution in [0.4, 0.5) is 16.2 Å². The van der Waals surface area contributed by atoms with Gasteiger partial charge in [0.05, 0.1) is 30.5 Å². The van der Waals surface area contributed by atoms with Crippen LogP contribution in [0.5, 0.6) is 0 Å². The monoisotopic (exact) mass is 583 g/mol. The van der Waals surface area contributed by atoms with E-state index in [0.717, 1.165) is 57.5 Å². The molecule has 8 nitrogen and oxygen atoms in total. The Morgan fingerprint density at radius 1 is 0.930 bits per heavy atom. The summed E-state index contributed by atoms with van der Waals surface area (Å²) in [5.74, 6) is 0.215. The van der Waals surface area contributed by atoms with Gasteiger partial charge in [-0.05, 0) is 67.6 Å². The van der Waals surface area contributed by atoms with E-state index in [-0.39, 0.29) is 11.9 Å². The fraction of sp³-hybridized carbons (Fsp3) is 0.429. The number of amides is 3. The third kappa shape index (κ3) is 7.75. The van der Waals surface area contributed by atoms with E-state index >= 15 is 0 Å². The maximum Gasteiger partial charge on any atom is 0.319 e. The zero-order valence-corrected chi connectivity index (χ0v) is 25.3. The highest BCUT2D eigenvalue weighted by atomic mass is 16.5. The highest BCUT2D eigenvalue weighted by Crippen LogP contribution is 2.33. The Morgan fingerprint density at radius 3 is 2.14 bits per heavy atom. The van der Waals surface area contributed by atoms with Crippen molar-refractivity contribution >= 4 is 23.3 Å². The fourth-order valence-electron chi connectivity index (χ4n) is 6.26. The number of anilines is 2. The number of nitrogens with zero attached hydrogens (tertiary/aromatic N) is 3. The number of hydrogen-bond donors (Lipinski definition) is 2. The number of ether oxygens (including phenoxy) is 1. The van der Waals surface area contributed by atoms with Gasteiger partial charge in [0, 0.05) is 31.9 Å². The van der Waals surface area contributed by atoms with Crippen molar-refractivity contribution in [3.63, 3.8) is 0 Å². The van der Waals surface area contributed by atoms with Gasteiger partial charge in [-0.1, -0.05) is 74.0 Å². The van der Waals surface area contributed by atoms with E-state index in [9.17, 15) is 9.59 Å². The third-order valence-electron chi connectivity index (χ3n) is 8.69. The molecule has 2 fully saturated rings. The van der Waals surface area contributed by atoms with Crippen molar-refractivity contribution in [3.05, 3.63) is 95.6 Å². The lowest BCUT2D eigenvalue weighted by atomic mass is 9.91. The lowest BCUT2D eigenvalue weighted by molar-refractivity contribution is 0.0931. The summed E-state index contributed by atoms with van der Waals surface area (Å²) < 4.78 is 5.52. The van der Waals surface area contributed by atoms with Crippen molar-refractivity contribution < 1.29 is 14.3 Å². The summed E-state index contributed by atoms with van der Waals surface area (Å²) in [5.41, 5.74) is 10.4. The topological polar surface area (TPSA) is 91.1 Å². The molecule has 3 amide bonds. The maximum absolute atomic E-state index is 13.7. The number of primary amides is 1. The average Bonchev–Trinajstić information content (AvgIpc) is 3.06. The minimum absolute atomic E-state index is 0.165. The Hall–Kier alpha value is -3.88. The van der Waals surface area contributed by atoms with Gasteiger partial charge in [-0.25, -0.2) is 4.79 Å². The number of piperidine rings is 1. The van der Waals surface area contributed by atoms with Crippen LogP contribution in [0, 0.1) is 5.92 Å². The first-order valence-corrected chi connectivity index (χ1v) is 15.7. The van der Waals surface area contributed by atoms with Crippen LogP contribution in [0.1, 0.15) is 60.1 Å². The molecule has 0 atom stereocenters. The molecule has 2 saturated heterocycles. The molecule has 0 bridgehead atoms. The quantitative estimate of drug-likeness (QED) is 0.314. The number of morpholine rings is 1. The predicted molar refractivity (Wildman–Crippen MR) is 173 cm³/mol. The first kappa shape index (κ1) is 30.6. The van der Waals surface area contributed by atoms with Crippen LogP contribution in [0.25, 0.3) is 0 Å². The molecule has 3 aromatic carbocycles. The zero-order valence-electron chi connectivity index (χ0n) is 25.3. The van der Waals surface area contributed by atoms with E-state index in [1.54, 1.807) is 0 Å². The lowest BCUT2D eigenvalue weighted by Gasteiger charge is -2.38. The van der Waals surface area contributed by atoms with Crippen LogP contribution in [0.2, 0.25) is 0 Å². The van der Waals surface area contributed by atoms with Gasteiger partial charge in [0.1, 0.15) is 0 Å². The summed E-state index contributed by atoms with van der Waals surface area (Å²) in [7, 11) is 0. The van der Waals surface area contributed by atoms with Gasteiger partial charge in [-0.2, -0.15) is 0 Å². The second-order valence-corrected chi connectivity index (χ2v) is 11.6. The summed E-state index contributed by atoms with van der Waals surface area (Å²) in [4.78, 5) is 32.5. The van der Waals surface area contributed by atoms with Crippen molar-refractivity contribution in [1.29, 1.82) is 0 Å². The largest absolute Gasteiger partial charge is 0.378 e. The smallest absolute Gasteiger partial charge is 0.319 e. The molecule has 0 aliphatic carbocycles. The first-order chi connectivity index (χ1) is 21.0. The number of carbonyl (C=O) groups is 2. The minimum Gasteiger partial charge on any atom is -0.378 e. The van der Waals surface area contributed by atoms with Crippen LogP contribution in [0.15, 0.2) is 78.9 Å². The number of benzene rings is 3. The van der Waals surface area contributed by atoms with Gasteiger partial charge >= 0.3 is 6.03 Å². The Kier molecular flexibility index (Phi) is 10.7. The van der Waals surface area contributed by atoms with E-state index in [1.807, 2.05) is 18.2 Å². The molecule has 2 aliphatic rings. The summed E-state index contributed by atoms with van der Waals surface area (Å²) in [6.45, 7) is 7.90. The molecule has 43 heavy (non-hydrogen) atoms. The van der Waals surface area contributed by atoms with Gasteiger partial charge in [-0.3, -0.25) is 14.6 Å². The molecular formula is C35H45N5O3. The molecule has 3 N–H and O–H groups in total. The zero-order chi connectivity index (χ0) is 30.0. The lowest BCUT2D eigenvalue weighted by Crippen LogP contribution is -2.41. The van der Waals surface area contributed by atoms with Crippen molar-refractivity contribution in [3.8, 4) is 0 Å². The molecule has 228 valence electrons. The van der Waals surface area contributed by atoms with Gasteiger partial charge in [0.2, 0.25) is 0 Å². The molecule has 0 unspecified atom stereocenters. The third-order valence-corrected chi connectivity index (χ3v) is 8.69. The maximum atomic E-state index is 13.7. The van der Waals surface area contributed by atoms with Crippen molar-refractivity contribution in [2.45, 2.75) is 38.6 Å². The highest BCUT2D eigenvalue weighted by Gasteiger charge is 2.28. The van der Waals surface area contributed by atoms with Crippen molar-refractivity contribution in [1.82, 2.24) is 10.2 Å². The van der Waals surface area contributed by atoms with Crippen LogP contribution >= 0.6 is 0 Å². The second kappa shape index (κ2) is 15.0. The van der Waals surface area contributed by atoms with Crippen LogP contribution in [-0.2, 0) is 4.74 Å². The average molecular weight is 584 g/mol. The molecule has 3 aromatic rings. The fourth-order valence-corrected chi connectivity index (χ4v) is 6.26. The van der Waals surface area contributed by atoms with Crippen molar-refractivity contribution in [2.75, 3.05) is 62.3 Å². The number of likely N-dealkylation sites (tertiary alicyclic amines) is 1. The van der Waals surface area contributed by atoms with Crippen LogP contribution < -0.4 is 20.9 Å². The summed E-state index contributed by atoms with van der Waals surface area (Å²) in [6, 6.07) is 26.8. The van der Waals surface area contributed by atoms with E-state index < -0.39 is 6.03 Å². The molecular weight excluding hydrogens is 538 g/mol. The number of nitrogens with two attached hydrogens (primary N) is 1. The Morgan fingerprint density at radius 2 is 1.56 bits per heavy atom. The van der Waals surface area contributed by atoms with Gasteiger partial charge < -0.3 is 20.7 Å². The van der Waals surface area contributed by atoms with E-state index in [4.69, 9.17) is 10.5 Å². The molecule has 0 radical (unpaired) electrons. The SMILES string of the molecule is CCCCN(C(N)=O)c1ccc(N2CCOCC2)cc1C(=O)NCC1CCN(C(c2ccccc2)c2ccccc2)CC1. The first-order valence-electron chi connectivity index (χ1n) is 15.7. The van der Waals surface area contributed by atoms with E-state index in [2.05, 4.69) is 82.7 Å². The standard InChI is InChI=1S/C35H45N5O3/c1-2-3-18-40(35(36)42)32-15-14-30(38-21-23-43-24-22-38)25-31(32)34(41)37-26-27-16-19-39(20-17-27)33(28-10-6-4-7-11-28)29-12-8-5-9-13-29/h4-15,25,27,33H,2-3,16-24,26H2,1H3,(H2,36,42)(H,37,41). The Balaban J connectivity index is 1.27. The molecule has 0 spiro atoms. The molecule has 5 rings (SSSR count). The van der Waals surface area contributed by atoms with Crippen LogP contribution in [-0.4, -0.2) is 69.3 Å². The second-order valence-electron chi connectivity index (χ2n) is 11.6. The number of urea groups is 1. The number of rotatable bonds is 11. The predicted octanol–water partition coefficient (Wildman–Crippen LogP) is 5.44. The number of nitrogens with one attached hydrogen (secondary N) is 1. The normalized spacial score (nSPS) is 16.3. The summed E-state index contributed by atoms with van der Waals surface area (Å²) in [5, 5.41) is 3.22. The van der Waals surface area contributed by atoms with Gasteiger partial charge in [0.25, 0.3) is 5.91 Å². The van der Waals surface area contributed by atoms with E-state index in [0.29, 0.717) is 43.5 Å². The molecule has 0 saturated carbocycles. The summed E-state index contributed by atoms with van der Waals surface area (Å²) in [6.07, 6.45) is 3.73. The number of carbonyl (C=O) groups excluding carboxylic acids is 2. The van der Waals surface area contributed by atoms with E-state index in [1.165, 1.54) is 16.0 Å². The molecule has 0 aromatic heterocycles. The summed E-state index contributed by atoms with van der Waals surface area (Å²) >= 11 is 0. The van der Waals surface area contributed by atoms with Crippen molar-refractivity contribution in [2.24, 2.45) is 11.7 Å². The molecule has 8 heteroatoms. The Labute approximate surface area is 255 Å². The molecule has 2 aliphatic heterocycles. The highest BCUT2D eigenvalue weighted by molar-refractivity contribution is 6.05. The Bertz CT molecular complexity index is 1280. The minimum atomic E-state index is -0.541.